The average molecular weight is 251 g/mol. The third kappa shape index (κ3) is 1.37. The van der Waals surface area contributed by atoms with Gasteiger partial charge in [-0.2, -0.15) is 0 Å². The number of carbonyl (C=O) groups is 2. The van der Waals surface area contributed by atoms with Gasteiger partial charge >= 0.3 is 5.97 Å². The van der Waals surface area contributed by atoms with E-state index < -0.39 is 29.5 Å². The Morgan fingerprint density at radius 3 is 3.11 bits per heavy atom. The Morgan fingerprint density at radius 2 is 2.44 bits per heavy atom. The maximum absolute atomic E-state index is 12.3. The van der Waals surface area contributed by atoms with Crippen LogP contribution in [0.2, 0.25) is 0 Å². The Kier molecular flexibility index (Phi) is 2.48. The topological polar surface area (TPSA) is 66.8 Å². The van der Waals surface area contributed by atoms with Crippen molar-refractivity contribution in [1.29, 1.82) is 0 Å². The zero-order valence-corrected chi connectivity index (χ0v) is 10.3. The standard InChI is InChI=1S/C13H17NO4/c1-2-3-6-14-7-13-5-4-8(18-13)9(12(16)17)10(13)11(14)15/h4-5,8-10H,2-3,6-7H2,1H3,(H,16,17)/t8-,9+,10-,13-/m1/s1. The lowest BCUT2D eigenvalue weighted by Crippen LogP contribution is -2.39. The lowest BCUT2D eigenvalue weighted by atomic mass is 9.77. The number of carbonyl (C=O) groups excluding carboxylic acids is 1. The van der Waals surface area contributed by atoms with Crippen LogP contribution in [0.4, 0.5) is 0 Å². The van der Waals surface area contributed by atoms with E-state index in [0.29, 0.717) is 13.1 Å². The number of amides is 1. The molecule has 5 heteroatoms. The molecule has 4 atom stereocenters. The van der Waals surface area contributed by atoms with Crippen LogP contribution in [0.1, 0.15) is 19.8 Å². The predicted octanol–water partition coefficient (Wildman–Crippen LogP) is 0.653. The highest BCUT2D eigenvalue weighted by atomic mass is 16.5. The van der Waals surface area contributed by atoms with Gasteiger partial charge in [0, 0.05) is 6.54 Å². The van der Waals surface area contributed by atoms with Crippen molar-refractivity contribution in [3.8, 4) is 0 Å². The molecule has 3 rings (SSSR count). The number of carboxylic acid groups (broad SMARTS) is 1. The number of fused-ring (bicyclic) bond motifs is 1. The molecule has 0 aromatic rings. The largest absolute Gasteiger partial charge is 0.481 e. The molecule has 2 saturated heterocycles. The number of nitrogens with zero attached hydrogens (tertiary/aromatic N) is 1. The summed E-state index contributed by atoms with van der Waals surface area (Å²) in [7, 11) is 0. The van der Waals surface area contributed by atoms with Crippen LogP contribution in [0.15, 0.2) is 12.2 Å². The van der Waals surface area contributed by atoms with Crippen molar-refractivity contribution >= 4 is 11.9 Å². The fourth-order valence-corrected chi connectivity index (χ4v) is 3.40. The van der Waals surface area contributed by atoms with Crippen LogP contribution in [0, 0.1) is 11.8 Å². The van der Waals surface area contributed by atoms with Crippen molar-refractivity contribution in [3.05, 3.63) is 12.2 Å². The molecule has 0 aliphatic carbocycles. The van der Waals surface area contributed by atoms with Gasteiger partial charge in [-0.15, -0.1) is 0 Å². The number of aliphatic carboxylic acids is 1. The number of carboxylic acids is 1. The smallest absolute Gasteiger partial charge is 0.310 e. The first-order valence-corrected chi connectivity index (χ1v) is 6.48. The fourth-order valence-electron chi connectivity index (χ4n) is 3.40. The first-order valence-electron chi connectivity index (χ1n) is 6.48. The molecule has 5 nitrogen and oxygen atoms in total. The van der Waals surface area contributed by atoms with Crippen LogP contribution >= 0.6 is 0 Å². The lowest BCUT2D eigenvalue weighted by Gasteiger charge is -2.21. The van der Waals surface area contributed by atoms with E-state index in [1.54, 1.807) is 11.0 Å². The van der Waals surface area contributed by atoms with Crippen molar-refractivity contribution in [1.82, 2.24) is 4.90 Å². The molecular formula is C13H17NO4. The molecule has 3 aliphatic rings. The molecule has 0 aromatic heterocycles. The van der Waals surface area contributed by atoms with Gasteiger partial charge in [-0.3, -0.25) is 9.59 Å². The maximum atomic E-state index is 12.3. The van der Waals surface area contributed by atoms with Crippen molar-refractivity contribution in [3.63, 3.8) is 0 Å². The van der Waals surface area contributed by atoms with Crippen molar-refractivity contribution in [2.75, 3.05) is 13.1 Å². The van der Waals surface area contributed by atoms with E-state index in [-0.39, 0.29) is 5.91 Å². The average Bonchev–Trinajstić information content (AvgIpc) is 2.95. The van der Waals surface area contributed by atoms with Gasteiger partial charge in [-0.25, -0.2) is 0 Å². The van der Waals surface area contributed by atoms with Crippen LogP contribution in [-0.2, 0) is 14.3 Å². The number of rotatable bonds is 4. The second kappa shape index (κ2) is 3.82. The van der Waals surface area contributed by atoms with Crippen molar-refractivity contribution in [2.45, 2.75) is 31.5 Å². The third-order valence-corrected chi connectivity index (χ3v) is 4.25. The van der Waals surface area contributed by atoms with Gasteiger partial charge in [0.05, 0.1) is 18.6 Å². The van der Waals surface area contributed by atoms with Crippen LogP contribution < -0.4 is 0 Å². The molecule has 2 fully saturated rings. The van der Waals surface area contributed by atoms with E-state index >= 15 is 0 Å². The quantitative estimate of drug-likeness (QED) is 0.745. The summed E-state index contributed by atoms with van der Waals surface area (Å²) >= 11 is 0. The number of likely N-dealkylation sites (tertiary alicyclic amines) is 1. The summed E-state index contributed by atoms with van der Waals surface area (Å²) in [5, 5.41) is 9.27. The fraction of sp³-hybridized carbons (Fsp3) is 0.692. The number of hydrogen-bond acceptors (Lipinski definition) is 3. The number of unbranched alkanes of at least 4 members (excludes halogenated alkanes) is 1. The highest BCUT2D eigenvalue weighted by Gasteiger charge is 2.66. The minimum Gasteiger partial charge on any atom is -0.481 e. The monoisotopic (exact) mass is 251 g/mol. The Labute approximate surface area is 105 Å². The summed E-state index contributed by atoms with van der Waals surface area (Å²) < 4.78 is 5.78. The van der Waals surface area contributed by atoms with Crippen molar-refractivity contribution < 1.29 is 19.4 Å². The molecule has 1 amide bonds. The highest BCUT2D eigenvalue weighted by molar-refractivity contribution is 5.90. The summed E-state index contributed by atoms with van der Waals surface area (Å²) in [6, 6.07) is 0. The maximum Gasteiger partial charge on any atom is 0.310 e. The second-order valence-corrected chi connectivity index (χ2v) is 5.35. The number of ether oxygens (including phenoxy) is 1. The summed E-state index contributed by atoms with van der Waals surface area (Å²) in [4.78, 5) is 25.4. The van der Waals surface area contributed by atoms with Crippen LogP contribution in [0.5, 0.6) is 0 Å². The Hall–Kier alpha value is -1.36. The normalized spacial score (nSPS) is 40.6. The summed E-state index contributed by atoms with van der Waals surface area (Å²) in [5.74, 6) is -2.22. The Balaban J connectivity index is 1.87. The zero-order valence-electron chi connectivity index (χ0n) is 10.3. The predicted molar refractivity (Wildman–Crippen MR) is 62.8 cm³/mol. The molecule has 1 N–H and O–H groups in total. The van der Waals surface area contributed by atoms with Crippen molar-refractivity contribution in [2.24, 2.45) is 11.8 Å². The lowest BCUT2D eigenvalue weighted by molar-refractivity contribution is -0.148. The van der Waals surface area contributed by atoms with Gasteiger partial charge in [-0.05, 0) is 6.42 Å². The number of hydrogen-bond donors (Lipinski definition) is 1. The molecule has 0 unspecified atom stereocenters. The first kappa shape index (κ1) is 11.7. The molecule has 18 heavy (non-hydrogen) atoms. The van der Waals surface area contributed by atoms with E-state index in [4.69, 9.17) is 4.74 Å². The second-order valence-electron chi connectivity index (χ2n) is 5.35. The first-order chi connectivity index (χ1) is 8.59. The van der Waals surface area contributed by atoms with E-state index in [9.17, 15) is 14.7 Å². The molecule has 98 valence electrons. The molecule has 3 aliphatic heterocycles. The van der Waals surface area contributed by atoms with E-state index in [1.165, 1.54) is 0 Å². The van der Waals surface area contributed by atoms with Gasteiger partial charge < -0.3 is 14.7 Å². The SMILES string of the molecule is CCCCN1C[C@@]23C=C[C@@H](O2)[C@H](C(=O)O)[C@@H]3C1=O. The van der Waals surface area contributed by atoms with Gasteiger partial charge in [0.2, 0.25) is 5.91 Å². The Bertz CT molecular complexity index is 433. The van der Waals surface area contributed by atoms with Gasteiger partial charge in [-0.1, -0.05) is 25.5 Å². The summed E-state index contributed by atoms with van der Waals surface area (Å²) in [6.07, 6.45) is 5.23. The minimum atomic E-state index is -0.929. The molecular weight excluding hydrogens is 234 g/mol. The Morgan fingerprint density at radius 1 is 1.67 bits per heavy atom. The van der Waals surface area contributed by atoms with E-state index in [0.717, 1.165) is 12.8 Å². The molecule has 0 radical (unpaired) electrons. The zero-order chi connectivity index (χ0) is 12.9. The van der Waals surface area contributed by atoms with E-state index in [1.807, 2.05) is 6.08 Å². The molecule has 0 aromatic carbocycles. The molecule has 3 heterocycles. The van der Waals surface area contributed by atoms with Crippen LogP contribution in [0.3, 0.4) is 0 Å². The highest BCUT2D eigenvalue weighted by Crippen LogP contribution is 2.51. The molecule has 2 bridgehead atoms. The van der Waals surface area contributed by atoms with Gasteiger partial charge in [0.15, 0.2) is 0 Å². The van der Waals surface area contributed by atoms with E-state index in [2.05, 4.69) is 6.92 Å². The third-order valence-electron chi connectivity index (χ3n) is 4.25. The van der Waals surface area contributed by atoms with Gasteiger partial charge in [0.25, 0.3) is 0 Å². The minimum absolute atomic E-state index is 0.0531. The molecule has 1 spiro atoms. The summed E-state index contributed by atoms with van der Waals surface area (Å²) in [5.41, 5.74) is -0.668. The molecule has 0 saturated carbocycles. The van der Waals surface area contributed by atoms with Crippen LogP contribution in [0.25, 0.3) is 0 Å². The van der Waals surface area contributed by atoms with Gasteiger partial charge in [0.1, 0.15) is 11.5 Å². The summed E-state index contributed by atoms with van der Waals surface area (Å²) in [6.45, 7) is 3.27. The van der Waals surface area contributed by atoms with Crippen LogP contribution in [-0.4, -0.2) is 46.7 Å².